The van der Waals surface area contributed by atoms with Crippen molar-refractivity contribution in [3.8, 4) is 0 Å². The Labute approximate surface area is 60.5 Å². The van der Waals surface area contributed by atoms with Gasteiger partial charge in [0, 0.05) is 11.7 Å². The average molecular weight is 142 g/mol. The van der Waals surface area contributed by atoms with Crippen LogP contribution in [0, 0.1) is 6.42 Å². The fourth-order valence-electron chi connectivity index (χ4n) is 0.470. The summed E-state index contributed by atoms with van der Waals surface area (Å²) in [5.41, 5.74) is 0. The molecule has 42 valence electrons. The first-order valence-electron chi connectivity index (χ1n) is 2.30. The standard InChI is InChI=1S/C6H6S2/c7-5-3-1-2-4-6(5)8/h1-3,6-8H. The molecule has 0 aliphatic heterocycles. The van der Waals surface area contributed by atoms with Crippen LogP contribution < -0.4 is 0 Å². The predicted molar refractivity (Wildman–Crippen MR) is 42.2 cm³/mol. The van der Waals surface area contributed by atoms with Gasteiger partial charge in [0.15, 0.2) is 0 Å². The highest BCUT2D eigenvalue weighted by Crippen LogP contribution is 2.19. The summed E-state index contributed by atoms with van der Waals surface area (Å²) in [6, 6.07) is 0. The van der Waals surface area contributed by atoms with Gasteiger partial charge in [-0.15, -0.1) is 12.6 Å². The SMILES string of the molecule is SC1=CC=C[C]C1S. The zero-order valence-electron chi connectivity index (χ0n) is 4.20. The van der Waals surface area contributed by atoms with Gasteiger partial charge in [0.05, 0.1) is 0 Å². The van der Waals surface area contributed by atoms with Crippen molar-refractivity contribution in [3.05, 3.63) is 29.6 Å². The Hall–Kier alpha value is 0.180. The van der Waals surface area contributed by atoms with E-state index in [9.17, 15) is 0 Å². The third-order valence-corrected chi connectivity index (χ3v) is 1.94. The Morgan fingerprint density at radius 2 is 2.38 bits per heavy atom. The lowest BCUT2D eigenvalue weighted by Crippen LogP contribution is -1.99. The maximum atomic E-state index is 4.15. The first-order chi connectivity index (χ1) is 3.80. The van der Waals surface area contributed by atoms with E-state index in [1.807, 2.05) is 18.2 Å². The Morgan fingerprint density at radius 1 is 1.62 bits per heavy atom. The van der Waals surface area contributed by atoms with E-state index in [-0.39, 0.29) is 5.25 Å². The zero-order valence-corrected chi connectivity index (χ0v) is 5.99. The van der Waals surface area contributed by atoms with Gasteiger partial charge in [-0.05, 0) is 4.91 Å². The van der Waals surface area contributed by atoms with Crippen molar-refractivity contribution in [2.75, 3.05) is 0 Å². The first kappa shape index (κ1) is 6.30. The van der Waals surface area contributed by atoms with Crippen molar-refractivity contribution >= 4 is 25.3 Å². The minimum Gasteiger partial charge on any atom is -0.170 e. The normalized spacial score (nSPS) is 27.8. The largest absolute Gasteiger partial charge is 0.170 e. The van der Waals surface area contributed by atoms with Gasteiger partial charge in [0.2, 0.25) is 0 Å². The van der Waals surface area contributed by atoms with Crippen LogP contribution in [0.15, 0.2) is 23.1 Å². The van der Waals surface area contributed by atoms with Gasteiger partial charge in [-0.25, -0.2) is 0 Å². The molecular weight excluding hydrogens is 136 g/mol. The first-order valence-corrected chi connectivity index (χ1v) is 3.27. The van der Waals surface area contributed by atoms with E-state index in [2.05, 4.69) is 31.7 Å². The molecule has 0 saturated carbocycles. The van der Waals surface area contributed by atoms with E-state index in [0.29, 0.717) is 0 Å². The fraction of sp³-hybridized carbons (Fsp3) is 0.167. The van der Waals surface area contributed by atoms with Gasteiger partial charge >= 0.3 is 0 Å². The second kappa shape index (κ2) is 2.65. The van der Waals surface area contributed by atoms with Crippen molar-refractivity contribution < 1.29 is 0 Å². The van der Waals surface area contributed by atoms with Gasteiger partial charge in [0.1, 0.15) is 0 Å². The summed E-state index contributed by atoms with van der Waals surface area (Å²) in [6.45, 7) is 0. The van der Waals surface area contributed by atoms with Crippen LogP contribution in [0.25, 0.3) is 0 Å². The van der Waals surface area contributed by atoms with Gasteiger partial charge in [-0.1, -0.05) is 18.2 Å². The predicted octanol–water partition coefficient (Wildman–Crippen LogP) is 1.75. The Balaban J connectivity index is 2.66. The van der Waals surface area contributed by atoms with Crippen LogP contribution in [-0.4, -0.2) is 5.25 Å². The van der Waals surface area contributed by atoms with E-state index in [0.717, 1.165) is 4.91 Å². The summed E-state index contributed by atoms with van der Waals surface area (Å²) in [5.74, 6) is 0. The maximum Gasteiger partial charge on any atom is 0.0433 e. The third kappa shape index (κ3) is 1.33. The minimum absolute atomic E-state index is 0.0864. The zero-order chi connectivity index (χ0) is 5.98. The van der Waals surface area contributed by atoms with Crippen LogP contribution in [0.3, 0.4) is 0 Å². The Bertz CT molecular complexity index is 135. The highest BCUT2D eigenvalue weighted by Gasteiger charge is 2.05. The molecule has 0 aromatic carbocycles. The summed E-state index contributed by atoms with van der Waals surface area (Å²) in [7, 11) is 0. The van der Waals surface area contributed by atoms with Crippen LogP contribution >= 0.6 is 25.3 Å². The van der Waals surface area contributed by atoms with Crippen molar-refractivity contribution in [2.45, 2.75) is 5.25 Å². The van der Waals surface area contributed by atoms with Gasteiger partial charge in [-0.2, -0.15) is 12.6 Å². The number of allylic oxidation sites excluding steroid dienone is 3. The monoisotopic (exact) mass is 142 g/mol. The van der Waals surface area contributed by atoms with Gasteiger partial charge in [0.25, 0.3) is 0 Å². The third-order valence-electron chi connectivity index (χ3n) is 0.897. The Kier molecular flexibility index (Phi) is 2.08. The molecule has 0 aromatic heterocycles. The van der Waals surface area contributed by atoms with E-state index in [1.54, 1.807) is 0 Å². The quantitative estimate of drug-likeness (QED) is 0.473. The van der Waals surface area contributed by atoms with E-state index in [4.69, 9.17) is 0 Å². The summed E-state index contributed by atoms with van der Waals surface area (Å²) in [5, 5.41) is 0.0864. The van der Waals surface area contributed by atoms with Gasteiger partial charge in [-0.3, -0.25) is 0 Å². The van der Waals surface area contributed by atoms with Crippen LogP contribution in [0.4, 0.5) is 0 Å². The lowest BCUT2D eigenvalue weighted by molar-refractivity contribution is 1.28. The molecule has 0 heterocycles. The molecule has 0 amide bonds. The lowest BCUT2D eigenvalue weighted by Gasteiger charge is -2.08. The van der Waals surface area contributed by atoms with Crippen LogP contribution in [-0.2, 0) is 0 Å². The topological polar surface area (TPSA) is 0 Å². The Morgan fingerprint density at radius 3 is 2.75 bits per heavy atom. The highest BCUT2D eigenvalue weighted by molar-refractivity contribution is 7.88. The molecule has 1 aliphatic rings. The molecule has 0 fully saturated rings. The fourth-order valence-corrected chi connectivity index (χ4v) is 0.803. The number of thiol groups is 2. The highest BCUT2D eigenvalue weighted by atomic mass is 32.1. The summed E-state index contributed by atoms with van der Waals surface area (Å²) in [4.78, 5) is 0.954. The molecule has 1 atom stereocenters. The van der Waals surface area contributed by atoms with Crippen molar-refractivity contribution in [1.29, 1.82) is 0 Å². The molecular formula is C6H6S2. The van der Waals surface area contributed by atoms with Crippen molar-refractivity contribution in [3.63, 3.8) is 0 Å². The minimum atomic E-state index is 0.0864. The summed E-state index contributed by atoms with van der Waals surface area (Å²) < 4.78 is 0. The molecule has 0 aromatic rings. The number of hydrogen-bond donors (Lipinski definition) is 2. The molecule has 2 radical (unpaired) electrons. The molecule has 1 aliphatic carbocycles. The smallest absolute Gasteiger partial charge is 0.0433 e. The average Bonchev–Trinajstić information content (AvgIpc) is 1.77. The van der Waals surface area contributed by atoms with E-state index in [1.165, 1.54) is 0 Å². The van der Waals surface area contributed by atoms with Crippen LogP contribution in [0.5, 0.6) is 0 Å². The van der Waals surface area contributed by atoms with E-state index >= 15 is 0 Å². The maximum absolute atomic E-state index is 4.15. The molecule has 1 unspecified atom stereocenters. The van der Waals surface area contributed by atoms with E-state index < -0.39 is 0 Å². The summed E-state index contributed by atoms with van der Waals surface area (Å²) in [6.07, 6.45) is 8.63. The molecule has 8 heavy (non-hydrogen) atoms. The van der Waals surface area contributed by atoms with Crippen molar-refractivity contribution in [2.24, 2.45) is 0 Å². The molecule has 0 saturated heterocycles. The summed E-state index contributed by atoms with van der Waals surface area (Å²) >= 11 is 8.28. The van der Waals surface area contributed by atoms with Crippen LogP contribution in [0.2, 0.25) is 0 Å². The van der Waals surface area contributed by atoms with Crippen LogP contribution in [0.1, 0.15) is 0 Å². The van der Waals surface area contributed by atoms with Gasteiger partial charge < -0.3 is 0 Å². The second-order valence-electron chi connectivity index (χ2n) is 1.52. The molecule has 2 heteroatoms. The molecule has 0 N–H and O–H groups in total. The van der Waals surface area contributed by atoms with Crippen molar-refractivity contribution in [1.82, 2.24) is 0 Å². The number of hydrogen-bond acceptors (Lipinski definition) is 2. The lowest BCUT2D eigenvalue weighted by atomic mass is 10.2. The number of rotatable bonds is 0. The molecule has 0 spiro atoms. The molecule has 0 bridgehead atoms. The molecule has 0 nitrogen and oxygen atoms in total. The second-order valence-corrected chi connectivity index (χ2v) is 2.55. The molecule has 1 rings (SSSR count).